The maximum absolute atomic E-state index is 12.8. The van der Waals surface area contributed by atoms with Crippen LogP contribution in [-0.2, 0) is 4.79 Å². The van der Waals surface area contributed by atoms with Gasteiger partial charge >= 0.3 is 5.97 Å². The van der Waals surface area contributed by atoms with Crippen LogP contribution in [0.25, 0.3) is 10.9 Å². The molecule has 1 heterocycles. The summed E-state index contributed by atoms with van der Waals surface area (Å²) < 4.78 is 0. The van der Waals surface area contributed by atoms with Gasteiger partial charge in [-0.1, -0.05) is 11.6 Å². The van der Waals surface area contributed by atoms with Crippen molar-refractivity contribution in [1.82, 2.24) is 10.3 Å². The van der Waals surface area contributed by atoms with Gasteiger partial charge in [-0.3, -0.25) is 9.78 Å². The Hall–Kier alpha value is -2.43. The third-order valence-corrected chi connectivity index (χ3v) is 4.87. The predicted octanol–water partition coefficient (Wildman–Crippen LogP) is 3.01. The largest absolute Gasteiger partial charge is 0.480 e. The third-order valence-electron chi connectivity index (χ3n) is 4.87. The second-order valence-corrected chi connectivity index (χ2v) is 7.02. The lowest BCUT2D eigenvalue weighted by Crippen LogP contribution is -2.42. The summed E-state index contributed by atoms with van der Waals surface area (Å²) in [5.41, 5.74) is 3.33. The fraction of sp³-hybridized carbons (Fsp3) is 0.421. The average Bonchev–Trinajstić information content (AvgIpc) is 3.43. The van der Waals surface area contributed by atoms with Gasteiger partial charge in [0.1, 0.15) is 6.04 Å². The van der Waals surface area contributed by atoms with Crippen molar-refractivity contribution < 1.29 is 14.7 Å². The second-order valence-electron chi connectivity index (χ2n) is 7.02. The van der Waals surface area contributed by atoms with E-state index in [0.717, 1.165) is 47.8 Å². The van der Waals surface area contributed by atoms with E-state index in [4.69, 9.17) is 0 Å². The zero-order valence-corrected chi connectivity index (χ0v) is 13.6. The van der Waals surface area contributed by atoms with Gasteiger partial charge < -0.3 is 10.4 Å². The molecule has 1 aromatic heterocycles. The van der Waals surface area contributed by atoms with E-state index < -0.39 is 12.0 Å². The van der Waals surface area contributed by atoms with Crippen LogP contribution in [-0.4, -0.2) is 28.0 Å². The van der Waals surface area contributed by atoms with Crippen LogP contribution >= 0.6 is 0 Å². The molecule has 124 valence electrons. The summed E-state index contributed by atoms with van der Waals surface area (Å²) in [4.78, 5) is 28.9. The number of benzene rings is 1. The second kappa shape index (κ2) is 5.58. The lowest BCUT2D eigenvalue weighted by atomic mass is 10.0. The van der Waals surface area contributed by atoms with Gasteiger partial charge in [0.2, 0.25) is 0 Å². The molecule has 24 heavy (non-hydrogen) atoms. The zero-order chi connectivity index (χ0) is 16.8. The number of aromatic nitrogens is 1. The van der Waals surface area contributed by atoms with Crippen molar-refractivity contribution in [1.29, 1.82) is 0 Å². The van der Waals surface area contributed by atoms with E-state index >= 15 is 0 Å². The van der Waals surface area contributed by atoms with E-state index in [-0.39, 0.29) is 11.8 Å². The minimum Gasteiger partial charge on any atom is -0.480 e. The van der Waals surface area contributed by atoms with Gasteiger partial charge in [-0.15, -0.1) is 0 Å². The van der Waals surface area contributed by atoms with Crippen molar-refractivity contribution in [2.75, 3.05) is 0 Å². The minimum absolute atomic E-state index is 0.0594. The zero-order valence-electron chi connectivity index (χ0n) is 13.6. The molecule has 1 aromatic carbocycles. The number of hydrogen-bond acceptors (Lipinski definition) is 3. The topological polar surface area (TPSA) is 79.3 Å². The van der Waals surface area contributed by atoms with Gasteiger partial charge in [0.15, 0.2) is 0 Å². The molecule has 5 heteroatoms. The molecule has 4 rings (SSSR count). The van der Waals surface area contributed by atoms with Crippen LogP contribution in [0.5, 0.6) is 0 Å². The number of carbonyl (C=O) groups excluding carboxylic acids is 1. The Balaban J connectivity index is 1.74. The fourth-order valence-corrected chi connectivity index (χ4v) is 3.17. The predicted molar refractivity (Wildman–Crippen MR) is 90.1 cm³/mol. The highest BCUT2D eigenvalue weighted by Crippen LogP contribution is 2.40. The average molecular weight is 324 g/mol. The standard InChI is InChI=1S/C19H20N2O3/c1-10-2-7-15-13(8-10)14(9-16(20-15)11-3-4-11)18(22)21-17(19(23)24)12-5-6-12/h2,7-9,11-12,17H,3-6H2,1H3,(H,21,22)(H,23,24). The molecule has 0 spiro atoms. The van der Waals surface area contributed by atoms with E-state index in [2.05, 4.69) is 10.3 Å². The SMILES string of the molecule is Cc1ccc2nc(C3CC3)cc(C(=O)NC(C(=O)O)C3CC3)c2c1. The number of aryl methyl sites for hydroxylation is 1. The number of nitrogens with zero attached hydrogens (tertiary/aromatic N) is 1. The summed E-state index contributed by atoms with van der Waals surface area (Å²) in [6.07, 6.45) is 3.93. The van der Waals surface area contributed by atoms with Gasteiger partial charge in [-0.05, 0) is 56.7 Å². The van der Waals surface area contributed by atoms with Crippen molar-refractivity contribution in [3.63, 3.8) is 0 Å². The summed E-state index contributed by atoms with van der Waals surface area (Å²) in [6, 6.07) is 6.91. The normalized spacial score (nSPS) is 18.4. The Morgan fingerprint density at radius 3 is 2.58 bits per heavy atom. The van der Waals surface area contributed by atoms with Gasteiger partial charge in [0.05, 0.1) is 11.1 Å². The lowest BCUT2D eigenvalue weighted by Gasteiger charge is -2.15. The molecule has 0 radical (unpaired) electrons. The van der Waals surface area contributed by atoms with Crippen LogP contribution in [0.15, 0.2) is 24.3 Å². The number of hydrogen-bond donors (Lipinski definition) is 2. The number of carbonyl (C=O) groups is 2. The quantitative estimate of drug-likeness (QED) is 0.886. The molecule has 2 N–H and O–H groups in total. The highest BCUT2D eigenvalue weighted by Gasteiger charge is 2.37. The first-order valence-corrected chi connectivity index (χ1v) is 8.48. The first kappa shape index (κ1) is 15.1. The third kappa shape index (κ3) is 2.86. The summed E-state index contributed by atoms with van der Waals surface area (Å²) in [6.45, 7) is 1.97. The van der Waals surface area contributed by atoms with Crippen molar-refractivity contribution in [2.45, 2.75) is 44.6 Å². The van der Waals surface area contributed by atoms with Crippen LogP contribution < -0.4 is 5.32 Å². The van der Waals surface area contributed by atoms with Gasteiger partial charge in [0, 0.05) is 17.0 Å². The van der Waals surface area contributed by atoms with E-state index in [1.807, 2.05) is 31.2 Å². The van der Waals surface area contributed by atoms with Crippen LogP contribution in [0.1, 0.15) is 53.2 Å². The number of nitrogens with one attached hydrogen (secondary N) is 1. The lowest BCUT2D eigenvalue weighted by molar-refractivity contribution is -0.139. The number of amides is 1. The Labute approximate surface area is 140 Å². The van der Waals surface area contributed by atoms with E-state index in [1.54, 1.807) is 0 Å². The monoisotopic (exact) mass is 324 g/mol. The van der Waals surface area contributed by atoms with Crippen LogP contribution in [0.3, 0.4) is 0 Å². The molecule has 5 nitrogen and oxygen atoms in total. The number of fused-ring (bicyclic) bond motifs is 1. The molecule has 1 atom stereocenters. The van der Waals surface area contributed by atoms with E-state index in [0.29, 0.717) is 11.5 Å². The Kier molecular flexibility index (Phi) is 3.52. The number of carboxylic acid groups (broad SMARTS) is 1. The highest BCUT2D eigenvalue weighted by atomic mass is 16.4. The summed E-state index contributed by atoms with van der Waals surface area (Å²) in [7, 11) is 0. The van der Waals surface area contributed by atoms with Crippen LogP contribution in [0, 0.1) is 12.8 Å². The first-order valence-electron chi connectivity index (χ1n) is 8.48. The molecule has 2 fully saturated rings. The van der Waals surface area contributed by atoms with Crippen molar-refractivity contribution in [3.05, 3.63) is 41.1 Å². The maximum Gasteiger partial charge on any atom is 0.326 e. The number of carboxylic acids is 1. The minimum atomic E-state index is -0.956. The molecule has 0 bridgehead atoms. The molecular formula is C19H20N2O3. The number of pyridine rings is 1. The first-order chi connectivity index (χ1) is 11.5. The van der Waals surface area contributed by atoms with Crippen LogP contribution in [0.2, 0.25) is 0 Å². The molecule has 1 amide bonds. The molecule has 0 saturated heterocycles. The highest BCUT2D eigenvalue weighted by molar-refractivity contribution is 6.07. The van der Waals surface area contributed by atoms with Gasteiger partial charge in [-0.2, -0.15) is 0 Å². The summed E-state index contributed by atoms with van der Waals surface area (Å²) in [5, 5.41) is 12.9. The maximum atomic E-state index is 12.8. The van der Waals surface area contributed by atoms with E-state index in [9.17, 15) is 14.7 Å². The summed E-state index contributed by atoms with van der Waals surface area (Å²) >= 11 is 0. The van der Waals surface area contributed by atoms with Gasteiger partial charge in [0.25, 0.3) is 5.91 Å². The van der Waals surface area contributed by atoms with Crippen LogP contribution in [0.4, 0.5) is 0 Å². The molecule has 1 unspecified atom stereocenters. The molecule has 2 aliphatic rings. The Bertz CT molecular complexity index is 838. The van der Waals surface area contributed by atoms with E-state index in [1.165, 1.54) is 0 Å². The fourth-order valence-electron chi connectivity index (χ4n) is 3.17. The van der Waals surface area contributed by atoms with Gasteiger partial charge in [-0.25, -0.2) is 4.79 Å². The number of rotatable bonds is 5. The van der Waals surface area contributed by atoms with Crippen molar-refractivity contribution in [3.8, 4) is 0 Å². The Morgan fingerprint density at radius 1 is 1.21 bits per heavy atom. The molecule has 2 aromatic rings. The Morgan fingerprint density at radius 2 is 1.96 bits per heavy atom. The molecule has 2 aliphatic carbocycles. The molecule has 2 saturated carbocycles. The van der Waals surface area contributed by atoms with Crippen molar-refractivity contribution in [2.24, 2.45) is 5.92 Å². The number of aliphatic carboxylic acids is 1. The summed E-state index contributed by atoms with van der Waals surface area (Å²) in [5.74, 6) is -0.776. The molecular weight excluding hydrogens is 304 g/mol. The van der Waals surface area contributed by atoms with Crippen molar-refractivity contribution >= 4 is 22.8 Å². The smallest absolute Gasteiger partial charge is 0.326 e. The molecule has 0 aliphatic heterocycles.